The molecule has 0 aromatic heterocycles. The molecule has 3 aromatic carbocycles. The van der Waals surface area contributed by atoms with Crippen LogP contribution in [0.25, 0.3) is 0 Å². The fourth-order valence-corrected chi connectivity index (χ4v) is 4.88. The van der Waals surface area contributed by atoms with Crippen LogP contribution in [0, 0.1) is 5.92 Å². The second kappa shape index (κ2) is 22.3. The van der Waals surface area contributed by atoms with E-state index in [2.05, 4.69) is 20.9 Å². The van der Waals surface area contributed by atoms with Crippen LogP contribution in [-0.4, -0.2) is 65.7 Å². The van der Waals surface area contributed by atoms with Gasteiger partial charge in [-0.05, 0) is 71.1 Å². The van der Waals surface area contributed by atoms with Crippen LogP contribution in [0.3, 0.4) is 0 Å². The molecule has 306 valence electrons. The van der Waals surface area contributed by atoms with Gasteiger partial charge in [-0.1, -0.05) is 91.0 Å². The average molecular weight is 789 g/mol. The number of hydrogen-bond acceptors (Lipinski definition) is 12. The predicted octanol–water partition coefficient (Wildman–Crippen LogP) is 6.53. The second-order valence-corrected chi connectivity index (χ2v) is 14.8. The molecule has 3 amide bonds. The minimum Gasteiger partial charge on any atom is -0.459 e. The van der Waals surface area contributed by atoms with Gasteiger partial charge in [-0.2, -0.15) is 0 Å². The van der Waals surface area contributed by atoms with Crippen molar-refractivity contribution in [2.45, 2.75) is 97.9 Å². The van der Waals surface area contributed by atoms with Crippen LogP contribution in [0.5, 0.6) is 0 Å². The molecule has 0 heterocycles. The number of esters is 2. The molecule has 1 atom stereocenters. The van der Waals surface area contributed by atoms with Crippen molar-refractivity contribution in [3.05, 3.63) is 108 Å². The molecule has 15 heteroatoms. The van der Waals surface area contributed by atoms with E-state index < -0.39 is 65.6 Å². The zero-order valence-electron chi connectivity index (χ0n) is 33.2. The lowest BCUT2D eigenvalue weighted by molar-refractivity contribution is -0.175. The average Bonchev–Trinajstić information content (AvgIpc) is 3.15. The summed E-state index contributed by atoms with van der Waals surface area (Å²) in [7, 11) is 0. The third-order valence-electron chi connectivity index (χ3n) is 7.47. The Labute approximate surface area is 332 Å². The van der Waals surface area contributed by atoms with Gasteiger partial charge < -0.3 is 29.0 Å². The number of nitrogens with zero attached hydrogens (tertiary/aromatic N) is 1. The molecule has 0 aliphatic rings. The molecule has 0 bridgehead atoms. The smallest absolute Gasteiger partial charge is 0.414 e. The Bertz CT molecular complexity index is 1720. The van der Waals surface area contributed by atoms with Crippen molar-refractivity contribution >= 4 is 42.0 Å². The van der Waals surface area contributed by atoms with Crippen molar-refractivity contribution in [3.63, 3.8) is 0 Å². The van der Waals surface area contributed by atoms with Crippen LogP contribution in [0.4, 0.5) is 14.4 Å². The topological polar surface area (TPSA) is 197 Å². The fourth-order valence-electron chi connectivity index (χ4n) is 4.88. The standard InChI is InChI=1S/C42H52N4O11/c1-41(2,3)56-35(48)32(36(49)57-42(4,5)6)25-34(47)33(44-38(50)53-26-29-17-10-7-11-18-29)23-16-24-43-37(45-39(51)54-27-30-19-12-8-13-20-30)46-40(52)55-28-31-21-14-9-15-22-31/h7-15,17-22,32-33H,16,23-28H2,1-6H3,(H,44,50)(H2,43,45,46,51,52)/t33-/m0/s1. The summed E-state index contributed by atoms with van der Waals surface area (Å²) in [6, 6.07) is 25.5. The van der Waals surface area contributed by atoms with Gasteiger partial charge >= 0.3 is 30.2 Å². The highest BCUT2D eigenvalue weighted by molar-refractivity contribution is 6.02. The number of benzene rings is 3. The van der Waals surface area contributed by atoms with Crippen LogP contribution in [0.1, 0.15) is 77.5 Å². The number of carbonyl (C=O) groups excluding carboxylic acids is 6. The maximum absolute atomic E-state index is 13.8. The normalized spacial score (nSPS) is 11.6. The third kappa shape index (κ3) is 18.8. The summed E-state index contributed by atoms with van der Waals surface area (Å²) in [6.07, 6.45) is -3.34. The molecule has 3 rings (SSSR count). The minimum atomic E-state index is -1.62. The Hall–Kier alpha value is -6.25. The first-order chi connectivity index (χ1) is 27.0. The number of hydrogen-bond donors (Lipinski definition) is 3. The quantitative estimate of drug-likeness (QED) is 0.0356. The van der Waals surface area contributed by atoms with E-state index in [1.807, 2.05) is 18.2 Å². The molecule has 3 N–H and O–H groups in total. The van der Waals surface area contributed by atoms with Crippen molar-refractivity contribution in [1.29, 1.82) is 0 Å². The Balaban J connectivity index is 1.77. The number of Topliss-reactive ketones (excluding diaryl/α,β-unsaturated/α-hetero) is 1. The number of nitrogens with one attached hydrogen (secondary N) is 3. The maximum Gasteiger partial charge on any atom is 0.414 e. The first-order valence-electron chi connectivity index (χ1n) is 18.4. The highest BCUT2D eigenvalue weighted by Crippen LogP contribution is 2.21. The summed E-state index contributed by atoms with van der Waals surface area (Å²) >= 11 is 0. The van der Waals surface area contributed by atoms with Gasteiger partial charge in [-0.3, -0.25) is 30.0 Å². The predicted molar refractivity (Wildman–Crippen MR) is 209 cm³/mol. The molecule has 3 aromatic rings. The van der Waals surface area contributed by atoms with Crippen molar-refractivity contribution in [1.82, 2.24) is 16.0 Å². The molecule has 0 spiro atoms. The van der Waals surface area contributed by atoms with E-state index in [4.69, 9.17) is 23.7 Å². The van der Waals surface area contributed by atoms with Gasteiger partial charge in [0, 0.05) is 13.0 Å². The Morgan fingerprint density at radius 1 is 0.579 bits per heavy atom. The highest BCUT2D eigenvalue weighted by Gasteiger charge is 2.38. The molecule has 0 saturated carbocycles. The van der Waals surface area contributed by atoms with Crippen LogP contribution in [-0.2, 0) is 57.9 Å². The fraction of sp³-hybridized carbons (Fsp3) is 0.405. The van der Waals surface area contributed by atoms with Gasteiger partial charge in [0.05, 0.1) is 6.04 Å². The second-order valence-electron chi connectivity index (χ2n) is 14.8. The number of rotatable bonds is 16. The van der Waals surface area contributed by atoms with Crippen LogP contribution in [0.2, 0.25) is 0 Å². The third-order valence-corrected chi connectivity index (χ3v) is 7.47. The maximum atomic E-state index is 13.8. The van der Waals surface area contributed by atoms with Crippen LogP contribution < -0.4 is 16.0 Å². The van der Waals surface area contributed by atoms with E-state index >= 15 is 0 Å². The number of alkyl carbamates (subject to hydrolysis) is 3. The molecule has 0 saturated heterocycles. The minimum absolute atomic E-state index is 0.0533. The lowest BCUT2D eigenvalue weighted by Gasteiger charge is -2.27. The number of amides is 3. The van der Waals surface area contributed by atoms with Crippen LogP contribution >= 0.6 is 0 Å². The van der Waals surface area contributed by atoms with E-state index in [9.17, 15) is 28.8 Å². The number of ketones is 1. The SMILES string of the molecule is CC(C)(C)OC(=O)C(CC(=O)[C@H](CCCN=C(NC(=O)OCc1ccccc1)NC(=O)OCc1ccccc1)NC(=O)OCc1ccccc1)C(=O)OC(C)(C)C. The van der Waals surface area contributed by atoms with Gasteiger partial charge in [0.15, 0.2) is 11.7 Å². The van der Waals surface area contributed by atoms with Crippen LogP contribution in [0.15, 0.2) is 96.0 Å². The molecule has 0 unspecified atom stereocenters. The molecule has 0 aliphatic carbocycles. The zero-order valence-corrected chi connectivity index (χ0v) is 33.2. The number of guanidine groups is 1. The molecule has 57 heavy (non-hydrogen) atoms. The van der Waals surface area contributed by atoms with E-state index in [0.29, 0.717) is 5.56 Å². The Morgan fingerprint density at radius 2 is 0.965 bits per heavy atom. The van der Waals surface area contributed by atoms with Gasteiger partial charge in [0.25, 0.3) is 0 Å². The summed E-state index contributed by atoms with van der Waals surface area (Å²) in [5.41, 5.74) is 0.217. The van der Waals surface area contributed by atoms with Crippen molar-refractivity contribution in [3.8, 4) is 0 Å². The monoisotopic (exact) mass is 788 g/mol. The lowest BCUT2D eigenvalue weighted by Crippen LogP contribution is -2.45. The number of ether oxygens (including phenoxy) is 5. The number of carbonyl (C=O) groups is 6. The van der Waals surface area contributed by atoms with Gasteiger partial charge in [0.2, 0.25) is 5.96 Å². The first kappa shape index (κ1) is 45.1. The first-order valence-corrected chi connectivity index (χ1v) is 18.4. The number of aliphatic imine (C=N–C) groups is 1. The zero-order chi connectivity index (χ0) is 41.8. The summed E-state index contributed by atoms with van der Waals surface area (Å²) in [5, 5.41) is 7.34. The summed E-state index contributed by atoms with van der Waals surface area (Å²) in [4.78, 5) is 82.9. The van der Waals surface area contributed by atoms with E-state index in [1.54, 1.807) is 114 Å². The largest absolute Gasteiger partial charge is 0.459 e. The van der Waals surface area contributed by atoms with E-state index in [0.717, 1.165) is 11.1 Å². The Kier molecular flexibility index (Phi) is 17.7. The van der Waals surface area contributed by atoms with Gasteiger partial charge in [-0.25, -0.2) is 14.4 Å². The van der Waals surface area contributed by atoms with Gasteiger partial charge in [0.1, 0.15) is 31.0 Å². The molecular weight excluding hydrogens is 736 g/mol. The molecule has 0 radical (unpaired) electrons. The summed E-state index contributed by atoms with van der Waals surface area (Å²) in [5.74, 6) is -4.51. The lowest BCUT2D eigenvalue weighted by atomic mass is 9.95. The highest BCUT2D eigenvalue weighted by atomic mass is 16.6. The summed E-state index contributed by atoms with van der Waals surface area (Å²) < 4.78 is 26.8. The Morgan fingerprint density at radius 3 is 1.35 bits per heavy atom. The summed E-state index contributed by atoms with van der Waals surface area (Å²) in [6.45, 7) is 9.45. The van der Waals surface area contributed by atoms with Crippen molar-refractivity contribution in [2.75, 3.05) is 6.54 Å². The van der Waals surface area contributed by atoms with Crippen molar-refractivity contribution in [2.24, 2.45) is 10.9 Å². The molecular formula is C42H52N4O11. The van der Waals surface area contributed by atoms with E-state index in [1.165, 1.54) is 0 Å². The van der Waals surface area contributed by atoms with Crippen molar-refractivity contribution < 1.29 is 52.5 Å². The molecule has 15 nitrogen and oxygen atoms in total. The molecule has 0 fully saturated rings. The molecule has 0 aliphatic heterocycles. The van der Waals surface area contributed by atoms with Gasteiger partial charge in [-0.15, -0.1) is 0 Å². The van der Waals surface area contributed by atoms with E-state index in [-0.39, 0.29) is 45.2 Å².